The van der Waals surface area contributed by atoms with Gasteiger partial charge in [0, 0.05) is 32.1 Å². The predicted molar refractivity (Wildman–Crippen MR) is 130 cm³/mol. The highest BCUT2D eigenvalue weighted by Crippen LogP contribution is 2.46. The average molecular weight is 564 g/mol. The van der Waals surface area contributed by atoms with Gasteiger partial charge in [0.05, 0.1) is 30.0 Å². The number of carbonyl (C=O) groups is 2. The van der Waals surface area contributed by atoms with E-state index in [0.717, 1.165) is 18.4 Å². The quantitative estimate of drug-likeness (QED) is 0.372. The third-order valence-electron chi connectivity index (χ3n) is 8.37. The number of carbonyl (C=O) groups excluding carboxylic acids is 2. The lowest BCUT2D eigenvalue weighted by atomic mass is 9.75. The molecule has 2 atom stereocenters. The molecule has 3 fully saturated rings. The lowest BCUT2D eigenvalue weighted by Gasteiger charge is -2.34. The summed E-state index contributed by atoms with van der Waals surface area (Å²) < 4.78 is 60.6. The maximum absolute atomic E-state index is 14.0. The first-order chi connectivity index (χ1) is 19.0. The van der Waals surface area contributed by atoms with Gasteiger partial charge in [-0.05, 0) is 60.2 Å². The Labute approximate surface area is 226 Å². The number of fused-ring (bicyclic) bond motifs is 1. The van der Waals surface area contributed by atoms with Crippen molar-refractivity contribution < 1.29 is 31.8 Å². The van der Waals surface area contributed by atoms with Crippen LogP contribution in [0.15, 0.2) is 23.1 Å². The van der Waals surface area contributed by atoms with Crippen molar-refractivity contribution in [1.29, 1.82) is 0 Å². The van der Waals surface area contributed by atoms with Gasteiger partial charge in [-0.2, -0.15) is 5.10 Å². The van der Waals surface area contributed by atoms with Crippen molar-refractivity contribution in [1.82, 2.24) is 30.2 Å². The van der Waals surface area contributed by atoms with Gasteiger partial charge >= 0.3 is 0 Å². The number of alkyl halides is 4. The van der Waals surface area contributed by atoms with Crippen LogP contribution < -0.4 is 11.1 Å². The number of amides is 2. The zero-order chi connectivity index (χ0) is 28.2. The summed E-state index contributed by atoms with van der Waals surface area (Å²) in [5.41, 5.74) is 7.09. The summed E-state index contributed by atoms with van der Waals surface area (Å²) in [6.07, 6.45) is 4.38. The number of nitrogens with zero attached hydrogens (tertiary/aromatic N) is 5. The molecular formula is C26H29F4N7O3. The van der Waals surface area contributed by atoms with Gasteiger partial charge in [0.1, 0.15) is 5.69 Å². The molecule has 3 aromatic rings. The number of primary amides is 1. The summed E-state index contributed by atoms with van der Waals surface area (Å²) in [5, 5.41) is 15.0. The van der Waals surface area contributed by atoms with Gasteiger partial charge in [-0.15, -0.1) is 0 Å². The van der Waals surface area contributed by atoms with Crippen LogP contribution in [-0.4, -0.2) is 48.6 Å². The molecule has 3 N–H and O–H groups in total. The number of aromatic nitrogens is 5. The molecule has 0 bridgehead atoms. The molecule has 0 radical (unpaired) electrons. The molecule has 0 aliphatic heterocycles. The summed E-state index contributed by atoms with van der Waals surface area (Å²) in [6.45, 7) is 0. The third kappa shape index (κ3) is 5.39. The highest BCUT2D eigenvalue weighted by atomic mass is 19.3. The fourth-order valence-corrected chi connectivity index (χ4v) is 6.13. The number of imidazole rings is 1. The first-order valence-corrected chi connectivity index (χ1v) is 13.5. The molecule has 2 amide bonds. The maximum atomic E-state index is 14.0. The summed E-state index contributed by atoms with van der Waals surface area (Å²) in [6, 6.07) is 1.46. The zero-order valence-corrected chi connectivity index (χ0v) is 21.5. The fourth-order valence-electron chi connectivity index (χ4n) is 6.13. The van der Waals surface area contributed by atoms with Crippen molar-refractivity contribution in [2.75, 3.05) is 0 Å². The molecule has 3 aliphatic carbocycles. The second-order valence-corrected chi connectivity index (χ2v) is 11.5. The summed E-state index contributed by atoms with van der Waals surface area (Å²) in [4.78, 5) is 29.4. The van der Waals surface area contributed by atoms with Gasteiger partial charge in [-0.3, -0.25) is 9.59 Å². The van der Waals surface area contributed by atoms with E-state index in [4.69, 9.17) is 15.3 Å². The lowest BCUT2D eigenvalue weighted by Crippen LogP contribution is -2.39. The van der Waals surface area contributed by atoms with E-state index in [9.17, 15) is 27.2 Å². The first kappa shape index (κ1) is 26.6. The van der Waals surface area contributed by atoms with E-state index >= 15 is 0 Å². The number of hydrogen-bond donors (Lipinski definition) is 2. The normalized spacial score (nSPS) is 22.5. The minimum absolute atomic E-state index is 0.0536. The Morgan fingerprint density at radius 3 is 2.45 bits per heavy atom. The van der Waals surface area contributed by atoms with Crippen LogP contribution in [0.1, 0.15) is 97.2 Å². The molecule has 3 aliphatic rings. The largest absolute Gasteiger partial charge is 0.364 e. The van der Waals surface area contributed by atoms with E-state index in [2.05, 4.69) is 20.7 Å². The van der Waals surface area contributed by atoms with Crippen LogP contribution >= 0.6 is 0 Å². The topological polar surface area (TPSA) is 141 Å². The van der Waals surface area contributed by atoms with Crippen LogP contribution in [-0.2, 0) is 4.79 Å². The minimum Gasteiger partial charge on any atom is -0.364 e. The summed E-state index contributed by atoms with van der Waals surface area (Å²) >= 11 is 0. The SMILES string of the molecule is NC(=O)c1nonc1[C@H](c1cn2ncc([C@H](NC(=O)CC3CC(F)(F)C3)C3CC3)cc2n1)C1CCC(F)(F)CC1. The average Bonchev–Trinajstić information content (AvgIpc) is 3.43. The Kier molecular flexibility index (Phi) is 6.53. The molecule has 0 spiro atoms. The van der Waals surface area contributed by atoms with Crippen LogP contribution in [0.3, 0.4) is 0 Å². The Hall–Kier alpha value is -3.58. The van der Waals surface area contributed by atoms with Crippen molar-refractivity contribution in [2.45, 2.75) is 81.6 Å². The van der Waals surface area contributed by atoms with Crippen LogP contribution in [0, 0.1) is 17.8 Å². The molecule has 0 aromatic carbocycles. The number of hydrogen-bond acceptors (Lipinski definition) is 7. The van der Waals surface area contributed by atoms with Crippen molar-refractivity contribution in [2.24, 2.45) is 23.5 Å². The Bertz CT molecular complexity index is 1420. The van der Waals surface area contributed by atoms with E-state index in [0.29, 0.717) is 11.3 Å². The van der Waals surface area contributed by atoms with Crippen LogP contribution in [0.5, 0.6) is 0 Å². The van der Waals surface area contributed by atoms with Crippen molar-refractivity contribution in [3.63, 3.8) is 0 Å². The summed E-state index contributed by atoms with van der Waals surface area (Å²) in [7, 11) is 0. The van der Waals surface area contributed by atoms with Crippen LogP contribution in [0.2, 0.25) is 0 Å². The molecule has 10 nitrogen and oxygen atoms in total. The predicted octanol–water partition coefficient (Wildman–Crippen LogP) is 4.17. The van der Waals surface area contributed by atoms with Crippen molar-refractivity contribution >= 4 is 17.5 Å². The van der Waals surface area contributed by atoms with Gasteiger partial charge in [-0.25, -0.2) is 31.7 Å². The van der Waals surface area contributed by atoms with E-state index < -0.39 is 23.7 Å². The second kappa shape index (κ2) is 9.81. The third-order valence-corrected chi connectivity index (χ3v) is 8.37. The lowest BCUT2D eigenvalue weighted by molar-refractivity contribution is -0.134. The molecule has 0 unspecified atom stereocenters. The smallest absolute Gasteiger partial charge is 0.272 e. The Morgan fingerprint density at radius 2 is 1.80 bits per heavy atom. The minimum atomic E-state index is -2.76. The van der Waals surface area contributed by atoms with Gasteiger partial charge in [0.2, 0.25) is 17.8 Å². The number of nitrogens with one attached hydrogen (secondary N) is 1. The van der Waals surface area contributed by atoms with E-state index in [1.54, 1.807) is 18.5 Å². The summed E-state index contributed by atoms with van der Waals surface area (Å²) in [5.74, 6) is -7.65. The number of rotatable bonds is 9. The Balaban J connectivity index is 1.27. The molecule has 3 saturated carbocycles. The number of halogens is 4. The van der Waals surface area contributed by atoms with Crippen LogP contribution in [0.25, 0.3) is 5.65 Å². The molecular weight excluding hydrogens is 534 g/mol. The van der Waals surface area contributed by atoms with Gasteiger partial charge in [-0.1, -0.05) is 5.16 Å². The zero-order valence-electron chi connectivity index (χ0n) is 21.5. The molecule has 3 aromatic heterocycles. The molecule has 40 heavy (non-hydrogen) atoms. The monoisotopic (exact) mass is 563 g/mol. The molecule has 6 rings (SSSR count). The molecule has 3 heterocycles. The molecule has 0 saturated heterocycles. The maximum Gasteiger partial charge on any atom is 0.272 e. The van der Waals surface area contributed by atoms with E-state index in [1.807, 2.05) is 0 Å². The molecule has 214 valence electrons. The molecule has 14 heteroatoms. The van der Waals surface area contributed by atoms with E-state index in [-0.39, 0.29) is 86.0 Å². The van der Waals surface area contributed by atoms with Gasteiger partial charge < -0.3 is 11.1 Å². The van der Waals surface area contributed by atoms with Gasteiger partial charge in [0.25, 0.3) is 5.91 Å². The first-order valence-electron chi connectivity index (χ1n) is 13.5. The second-order valence-electron chi connectivity index (χ2n) is 11.5. The highest BCUT2D eigenvalue weighted by Gasteiger charge is 2.46. The van der Waals surface area contributed by atoms with Crippen LogP contribution in [0.4, 0.5) is 17.6 Å². The van der Waals surface area contributed by atoms with E-state index in [1.165, 1.54) is 4.52 Å². The van der Waals surface area contributed by atoms with Gasteiger partial charge in [0.15, 0.2) is 11.3 Å². The highest BCUT2D eigenvalue weighted by molar-refractivity contribution is 5.91. The van der Waals surface area contributed by atoms with Crippen molar-refractivity contribution in [3.05, 3.63) is 41.1 Å². The number of nitrogens with two attached hydrogens (primary N) is 1. The Morgan fingerprint density at radius 1 is 1.07 bits per heavy atom. The fraction of sp³-hybridized carbons (Fsp3) is 0.615. The van der Waals surface area contributed by atoms with Crippen molar-refractivity contribution in [3.8, 4) is 0 Å². The standard InChI is InChI=1S/C26H29F4N7O3/c27-25(28)5-3-14(4-6-25)20(22-23(24(31)39)36-40-35-22)17-12-37-18(33-17)8-16(11-32-37)21(15-1-2-15)34-19(38)7-13-9-26(29,30)10-13/h8,11-15,20-21H,1-7,9-10H2,(H2,31,39)(H,34,38)/t20-,21+/m0/s1.